The number of anilines is 2. The molecule has 0 aliphatic heterocycles. The van der Waals surface area contributed by atoms with E-state index in [9.17, 15) is 4.79 Å². The van der Waals surface area contributed by atoms with E-state index in [-0.39, 0.29) is 5.91 Å². The van der Waals surface area contributed by atoms with Crippen molar-refractivity contribution in [2.24, 2.45) is 5.84 Å². The molecule has 0 atom stereocenters. The number of amides is 1. The van der Waals surface area contributed by atoms with Crippen molar-refractivity contribution in [3.8, 4) is 0 Å². The van der Waals surface area contributed by atoms with Crippen LogP contribution in [0, 0.1) is 13.8 Å². The lowest BCUT2D eigenvalue weighted by molar-refractivity contribution is 0.102. The van der Waals surface area contributed by atoms with Gasteiger partial charge in [-0.15, -0.1) is 0 Å². The number of nitrogens with one attached hydrogen (secondary N) is 2. The van der Waals surface area contributed by atoms with Crippen molar-refractivity contribution in [1.82, 2.24) is 10.1 Å². The monoisotopic (exact) mass is 247 g/mol. The van der Waals surface area contributed by atoms with E-state index in [0.717, 1.165) is 11.3 Å². The molecule has 7 heteroatoms. The van der Waals surface area contributed by atoms with E-state index < -0.39 is 0 Å². The lowest BCUT2D eigenvalue weighted by Crippen LogP contribution is -2.17. The van der Waals surface area contributed by atoms with Crippen LogP contribution >= 0.6 is 0 Å². The number of aryl methyl sites for hydroxylation is 1. The van der Waals surface area contributed by atoms with Crippen molar-refractivity contribution >= 4 is 17.5 Å². The van der Waals surface area contributed by atoms with E-state index >= 15 is 0 Å². The summed E-state index contributed by atoms with van der Waals surface area (Å²) < 4.78 is 5.01. The summed E-state index contributed by atoms with van der Waals surface area (Å²) in [6, 6.07) is 1.60. The molecule has 0 aromatic carbocycles. The Morgan fingerprint density at radius 2 is 2.22 bits per heavy atom. The molecule has 0 spiro atoms. The number of hydrazine groups is 1. The van der Waals surface area contributed by atoms with Gasteiger partial charge in [-0.1, -0.05) is 5.16 Å². The lowest BCUT2D eigenvalue weighted by Gasteiger charge is -2.07. The number of nitrogens with two attached hydrogens (primary N) is 1. The molecule has 0 saturated heterocycles. The fraction of sp³-hybridized carbons (Fsp3) is 0.182. The van der Waals surface area contributed by atoms with Crippen molar-refractivity contribution in [1.29, 1.82) is 0 Å². The van der Waals surface area contributed by atoms with Gasteiger partial charge in [-0.05, 0) is 19.9 Å². The van der Waals surface area contributed by atoms with E-state index in [2.05, 4.69) is 20.9 Å². The standard InChI is InChI=1S/C11H13N5O2/c1-6-7(2)16-18-11(6)14-10(17)8-5-13-4-3-9(8)15-12/h3-5H,12H2,1-2H3,(H,13,15)(H,14,17). The van der Waals surface area contributed by atoms with Crippen LogP contribution in [-0.4, -0.2) is 16.0 Å². The summed E-state index contributed by atoms with van der Waals surface area (Å²) in [5.41, 5.74) is 4.76. The highest BCUT2D eigenvalue weighted by atomic mass is 16.5. The summed E-state index contributed by atoms with van der Waals surface area (Å²) in [5, 5.41) is 6.38. The first kappa shape index (κ1) is 12.1. The highest BCUT2D eigenvalue weighted by molar-refractivity contribution is 6.07. The van der Waals surface area contributed by atoms with Crippen molar-refractivity contribution in [2.75, 3.05) is 10.7 Å². The molecule has 0 aliphatic rings. The maximum atomic E-state index is 12.0. The maximum absolute atomic E-state index is 12.0. The second-order valence-electron chi connectivity index (χ2n) is 3.74. The number of carbonyl (C=O) groups is 1. The van der Waals surface area contributed by atoms with Crippen molar-refractivity contribution in [3.05, 3.63) is 35.3 Å². The van der Waals surface area contributed by atoms with Gasteiger partial charge in [0.1, 0.15) is 0 Å². The van der Waals surface area contributed by atoms with Crippen LogP contribution in [0.15, 0.2) is 23.0 Å². The Hall–Kier alpha value is -2.41. The Kier molecular flexibility index (Phi) is 3.24. The number of carbonyl (C=O) groups excluding carboxylic acids is 1. The zero-order valence-corrected chi connectivity index (χ0v) is 10.0. The van der Waals surface area contributed by atoms with E-state index in [4.69, 9.17) is 10.4 Å². The molecule has 0 bridgehead atoms. The predicted molar refractivity (Wildman–Crippen MR) is 66.0 cm³/mol. The molecule has 4 N–H and O–H groups in total. The quantitative estimate of drug-likeness (QED) is 0.556. The van der Waals surface area contributed by atoms with Gasteiger partial charge in [0.25, 0.3) is 5.91 Å². The smallest absolute Gasteiger partial charge is 0.261 e. The molecule has 0 fully saturated rings. The predicted octanol–water partition coefficient (Wildman–Crippen LogP) is 1.22. The average Bonchev–Trinajstić information content (AvgIpc) is 2.70. The van der Waals surface area contributed by atoms with Gasteiger partial charge < -0.3 is 9.95 Å². The SMILES string of the molecule is Cc1noc(NC(=O)c2cnccc2NN)c1C. The number of hydrogen-bond donors (Lipinski definition) is 3. The second kappa shape index (κ2) is 4.84. The topological polar surface area (TPSA) is 106 Å². The zero-order chi connectivity index (χ0) is 13.1. The molecule has 2 rings (SSSR count). The van der Waals surface area contributed by atoms with Crippen molar-refractivity contribution in [3.63, 3.8) is 0 Å². The van der Waals surface area contributed by atoms with Crippen LogP contribution in [0.5, 0.6) is 0 Å². The molecule has 7 nitrogen and oxygen atoms in total. The molecule has 0 aliphatic carbocycles. The highest BCUT2D eigenvalue weighted by Crippen LogP contribution is 2.20. The van der Waals surface area contributed by atoms with Gasteiger partial charge in [-0.2, -0.15) is 0 Å². The zero-order valence-electron chi connectivity index (χ0n) is 10.0. The normalized spacial score (nSPS) is 10.2. The number of hydrogen-bond acceptors (Lipinski definition) is 6. The Bertz CT molecular complexity index is 579. The first-order chi connectivity index (χ1) is 8.63. The van der Waals surface area contributed by atoms with Crippen LogP contribution in [0.1, 0.15) is 21.6 Å². The number of aromatic nitrogens is 2. The van der Waals surface area contributed by atoms with E-state index in [1.54, 1.807) is 13.0 Å². The second-order valence-corrected chi connectivity index (χ2v) is 3.74. The first-order valence-electron chi connectivity index (χ1n) is 5.28. The third-order valence-corrected chi connectivity index (χ3v) is 2.61. The fourth-order valence-electron chi connectivity index (χ4n) is 1.40. The number of pyridine rings is 1. The Balaban J connectivity index is 2.25. The van der Waals surface area contributed by atoms with Crippen molar-refractivity contribution in [2.45, 2.75) is 13.8 Å². The average molecular weight is 247 g/mol. The van der Waals surface area contributed by atoms with Crippen LogP contribution in [0.3, 0.4) is 0 Å². The molecule has 0 unspecified atom stereocenters. The van der Waals surface area contributed by atoms with Gasteiger partial charge in [0.15, 0.2) is 0 Å². The van der Waals surface area contributed by atoms with E-state index in [0.29, 0.717) is 17.1 Å². The van der Waals surface area contributed by atoms with Gasteiger partial charge in [0.2, 0.25) is 5.88 Å². The van der Waals surface area contributed by atoms with Gasteiger partial charge in [0, 0.05) is 18.0 Å². The lowest BCUT2D eigenvalue weighted by atomic mass is 10.2. The number of nitrogens with zero attached hydrogens (tertiary/aromatic N) is 2. The Morgan fingerprint density at radius 3 is 2.83 bits per heavy atom. The van der Waals surface area contributed by atoms with Crippen LogP contribution in [0.25, 0.3) is 0 Å². The fourth-order valence-corrected chi connectivity index (χ4v) is 1.40. The summed E-state index contributed by atoms with van der Waals surface area (Å²) in [6.07, 6.45) is 2.96. The summed E-state index contributed by atoms with van der Waals surface area (Å²) in [5.74, 6) is 5.28. The molecule has 18 heavy (non-hydrogen) atoms. The molecular formula is C11H13N5O2. The minimum absolute atomic E-state index is 0.323. The minimum Gasteiger partial charge on any atom is -0.338 e. The van der Waals surface area contributed by atoms with Gasteiger partial charge in [0.05, 0.1) is 16.9 Å². The molecule has 0 saturated carbocycles. The van der Waals surface area contributed by atoms with E-state index in [1.807, 2.05) is 6.92 Å². The van der Waals surface area contributed by atoms with Crippen LogP contribution in [-0.2, 0) is 0 Å². The number of nitrogen functional groups attached to an aromatic ring is 1. The third kappa shape index (κ3) is 2.16. The van der Waals surface area contributed by atoms with Crippen LogP contribution < -0.4 is 16.6 Å². The summed E-state index contributed by atoms with van der Waals surface area (Å²) in [6.45, 7) is 3.61. The largest absolute Gasteiger partial charge is 0.338 e. The van der Waals surface area contributed by atoms with Gasteiger partial charge in [-0.3, -0.25) is 20.9 Å². The number of rotatable bonds is 3. The minimum atomic E-state index is -0.365. The summed E-state index contributed by atoms with van der Waals surface area (Å²) >= 11 is 0. The van der Waals surface area contributed by atoms with Gasteiger partial charge in [-0.25, -0.2) is 0 Å². The van der Waals surface area contributed by atoms with Crippen LogP contribution in [0.4, 0.5) is 11.6 Å². The van der Waals surface area contributed by atoms with Crippen LogP contribution in [0.2, 0.25) is 0 Å². The molecular weight excluding hydrogens is 234 g/mol. The maximum Gasteiger partial charge on any atom is 0.261 e. The first-order valence-corrected chi connectivity index (χ1v) is 5.28. The third-order valence-electron chi connectivity index (χ3n) is 2.61. The summed E-state index contributed by atoms with van der Waals surface area (Å²) in [7, 11) is 0. The Morgan fingerprint density at radius 1 is 1.44 bits per heavy atom. The van der Waals surface area contributed by atoms with Crippen molar-refractivity contribution < 1.29 is 9.32 Å². The molecule has 94 valence electrons. The molecule has 2 heterocycles. The van der Waals surface area contributed by atoms with E-state index in [1.165, 1.54) is 12.4 Å². The van der Waals surface area contributed by atoms with Gasteiger partial charge >= 0.3 is 0 Å². The Labute approximate surface area is 103 Å². The molecule has 2 aromatic heterocycles. The summed E-state index contributed by atoms with van der Waals surface area (Å²) in [4.78, 5) is 15.9. The molecule has 2 aromatic rings. The molecule has 1 amide bonds. The molecule has 0 radical (unpaired) electrons. The highest BCUT2D eigenvalue weighted by Gasteiger charge is 2.15.